The maximum atomic E-state index is 13.1. The minimum atomic E-state index is -0.181. The maximum Gasteiger partial charge on any atom is 0.241 e. The molecule has 0 aliphatic carbocycles. The first-order valence-electron chi connectivity index (χ1n) is 10.4. The summed E-state index contributed by atoms with van der Waals surface area (Å²) in [6.45, 7) is 14.2. The van der Waals surface area contributed by atoms with Gasteiger partial charge in [0.15, 0.2) is 0 Å². The van der Waals surface area contributed by atoms with Crippen molar-refractivity contribution >= 4 is 11.6 Å². The summed E-state index contributed by atoms with van der Waals surface area (Å²) in [4.78, 5) is 15.3. The van der Waals surface area contributed by atoms with E-state index in [1.165, 1.54) is 0 Å². The first kappa shape index (κ1) is 22.8. The van der Waals surface area contributed by atoms with E-state index in [-0.39, 0.29) is 30.1 Å². The van der Waals surface area contributed by atoms with Crippen LogP contribution in [-0.2, 0) is 25.6 Å². The van der Waals surface area contributed by atoms with Crippen molar-refractivity contribution in [1.29, 1.82) is 0 Å². The van der Waals surface area contributed by atoms with Gasteiger partial charge in [0.25, 0.3) is 0 Å². The molecule has 1 N–H and O–H groups in total. The predicted octanol–water partition coefficient (Wildman–Crippen LogP) is 3.31. The van der Waals surface area contributed by atoms with Crippen LogP contribution in [0.25, 0.3) is 0 Å². The van der Waals surface area contributed by atoms with E-state index in [1.807, 2.05) is 31.2 Å². The van der Waals surface area contributed by atoms with Crippen molar-refractivity contribution < 1.29 is 19.0 Å². The number of rotatable bonds is 10. The fourth-order valence-electron chi connectivity index (χ4n) is 3.74. The first-order chi connectivity index (χ1) is 13.4. The summed E-state index contributed by atoms with van der Waals surface area (Å²) in [5.74, 6) is 0.244. The average molecular weight is 393 g/mol. The van der Waals surface area contributed by atoms with Gasteiger partial charge in [0.1, 0.15) is 0 Å². The fourth-order valence-corrected chi connectivity index (χ4v) is 3.74. The Labute approximate surface area is 169 Å². The molecule has 1 heterocycles. The Balaban J connectivity index is 1.96. The molecule has 1 aromatic carbocycles. The lowest BCUT2D eigenvalue weighted by Gasteiger charge is -2.41. The Hall–Kier alpha value is -1.47. The number of nitrogens with one attached hydrogen (secondary N) is 1. The summed E-state index contributed by atoms with van der Waals surface area (Å²) in [5.41, 5.74) is 1.83. The van der Waals surface area contributed by atoms with Crippen molar-refractivity contribution in [1.82, 2.24) is 4.90 Å². The van der Waals surface area contributed by atoms with Crippen LogP contribution in [0.1, 0.15) is 40.2 Å². The van der Waals surface area contributed by atoms with E-state index in [4.69, 9.17) is 14.2 Å². The zero-order chi connectivity index (χ0) is 20.5. The molecule has 1 amide bonds. The van der Waals surface area contributed by atoms with Gasteiger partial charge in [-0.25, -0.2) is 0 Å². The molecule has 3 atom stereocenters. The molecule has 1 fully saturated rings. The Bertz CT molecular complexity index is 598. The lowest BCUT2D eigenvalue weighted by molar-refractivity contribution is -0.130. The fraction of sp³-hybridized carbons (Fsp3) is 0.682. The Kier molecular flexibility index (Phi) is 9.38. The van der Waals surface area contributed by atoms with Crippen LogP contribution in [0.15, 0.2) is 24.3 Å². The number of morpholine rings is 1. The molecule has 1 aliphatic rings. The second-order valence-corrected chi connectivity index (χ2v) is 7.84. The van der Waals surface area contributed by atoms with Crippen LogP contribution in [0.2, 0.25) is 0 Å². The molecule has 158 valence electrons. The molecule has 0 spiro atoms. The number of amides is 1. The van der Waals surface area contributed by atoms with E-state index >= 15 is 0 Å². The highest BCUT2D eigenvalue weighted by Gasteiger charge is 2.34. The molecule has 0 aromatic heterocycles. The van der Waals surface area contributed by atoms with Gasteiger partial charge in [-0.1, -0.05) is 26.0 Å². The summed E-state index contributed by atoms with van der Waals surface area (Å²) >= 11 is 0. The standard InChI is InChI=1S/C22H36N2O4/c1-6-26-10-11-27-15-19-8-7-9-20(12-19)23-22(25)21(16(2)3)24-13-17(4)28-18(5)14-24/h7-9,12,16-18,21H,6,10-11,13-15H2,1-5H3,(H,23,25). The highest BCUT2D eigenvalue weighted by atomic mass is 16.5. The number of ether oxygens (including phenoxy) is 3. The van der Waals surface area contributed by atoms with Gasteiger partial charge in [-0.2, -0.15) is 0 Å². The van der Waals surface area contributed by atoms with E-state index in [0.717, 1.165) is 24.3 Å². The molecule has 28 heavy (non-hydrogen) atoms. The van der Waals surface area contributed by atoms with Crippen LogP contribution in [0.3, 0.4) is 0 Å². The van der Waals surface area contributed by atoms with Crippen molar-refractivity contribution in [3.05, 3.63) is 29.8 Å². The SMILES string of the molecule is CCOCCOCc1cccc(NC(=O)C(C(C)C)N2CC(C)OC(C)C2)c1. The van der Waals surface area contributed by atoms with E-state index < -0.39 is 0 Å². The number of anilines is 1. The van der Waals surface area contributed by atoms with Gasteiger partial charge in [-0.15, -0.1) is 0 Å². The molecule has 0 bridgehead atoms. The minimum absolute atomic E-state index is 0.0331. The summed E-state index contributed by atoms with van der Waals surface area (Å²) < 4.78 is 16.7. The smallest absolute Gasteiger partial charge is 0.241 e. The molecular weight excluding hydrogens is 356 g/mol. The minimum Gasteiger partial charge on any atom is -0.379 e. The van der Waals surface area contributed by atoms with Crippen LogP contribution in [0.5, 0.6) is 0 Å². The maximum absolute atomic E-state index is 13.1. The van der Waals surface area contributed by atoms with E-state index in [1.54, 1.807) is 0 Å². The number of hydrogen-bond acceptors (Lipinski definition) is 5. The molecule has 1 saturated heterocycles. The van der Waals surface area contributed by atoms with Crippen LogP contribution in [-0.4, -0.2) is 62.0 Å². The lowest BCUT2D eigenvalue weighted by atomic mass is 9.99. The molecule has 1 aliphatic heterocycles. The second-order valence-electron chi connectivity index (χ2n) is 7.84. The molecule has 6 heteroatoms. The quantitative estimate of drug-likeness (QED) is 0.619. The second kappa shape index (κ2) is 11.5. The van der Waals surface area contributed by atoms with Gasteiger partial charge < -0.3 is 19.5 Å². The van der Waals surface area contributed by atoms with E-state index in [0.29, 0.717) is 26.4 Å². The van der Waals surface area contributed by atoms with Crippen molar-refractivity contribution in [2.45, 2.75) is 59.5 Å². The Morgan fingerprint density at radius 2 is 1.89 bits per heavy atom. The Morgan fingerprint density at radius 1 is 1.21 bits per heavy atom. The van der Waals surface area contributed by atoms with Crippen LogP contribution >= 0.6 is 0 Å². The topological polar surface area (TPSA) is 60.0 Å². The highest BCUT2D eigenvalue weighted by molar-refractivity contribution is 5.95. The van der Waals surface area contributed by atoms with Gasteiger partial charge >= 0.3 is 0 Å². The van der Waals surface area contributed by atoms with Crippen molar-refractivity contribution in [2.75, 3.05) is 38.2 Å². The zero-order valence-corrected chi connectivity index (χ0v) is 17.9. The van der Waals surface area contributed by atoms with Crippen LogP contribution < -0.4 is 5.32 Å². The van der Waals surface area contributed by atoms with Crippen molar-refractivity contribution in [3.63, 3.8) is 0 Å². The number of nitrogens with zero attached hydrogens (tertiary/aromatic N) is 1. The molecule has 2 rings (SSSR count). The number of benzene rings is 1. The molecule has 0 saturated carbocycles. The number of hydrogen-bond donors (Lipinski definition) is 1. The summed E-state index contributed by atoms with van der Waals surface area (Å²) in [6, 6.07) is 7.66. The normalized spacial score (nSPS) is 21.6. The summed E-state index contributed by atoms with van der Waals surface area (Å²) in [6.07, 6.45) is 0.268. The number of carbonyl (C=O) groups excluding carboxylic acids is 1. The van der Waals surface area contributed by atoms with Gasteiger partial charge in [-0.05, 0) is 44.4 Å². The van der Waals surface area contributed by atoms with Gasteiger partial charge in [0, 0.05) is 25.4 Å². The average Bonchev–Trinajstić information content (AvgIpc) is 2.61. The molecule has 3 unspecified atom stereocenters. The molecular formula is C22H36N2O4. The molecule has 0 radical (unpaired) electrons. The molecule has 1 aromatic rings. The van der Waals surface area contributed by atoms with E-state index in [2.05, 4.69) is 37.9 Å². The predicted molar refractivity (Wildman–Crippen MR) is 111 cm³/mol. The lowest BCUT2D eigenvalue weighted by Crippen LogP contribution is -2.55. The van der Waals surface area contributed by atoms with Gasteiger partial charge in [0.05, 0.1) is 38.1 Å². The van der Waals surface area contributed by atoms with Crippen LogP contribution in [0.4, 0.5) is 5.69 Å². The first-order valence-corrected chi connectivity index (χ1v) is 10.4. The third-order valence-electron chi connectivity index (χ3n) is 4.78. The van der Waals surface area contributed by atoms with E-state index in [9.17, 15) is 4.79 Å². The van der Waals surface area contributed by atoms with Crippen LogP contribution in [0, 0.1) is 5.92 Å². The number of carbonyl (C=O) groups is 1. The monoisotopic (exact) mass is 392 g/mol. The van der Waals surface area contributed by atoms with Gasteiger partial charge in [0.2, 0.25) is 5.91 Å². The van der Waals surface area contributed by atoms with Crippen molar-refractivity contribution in [3.8, 4) is 0 Å². The van der Waals surface area contributed by atoms with Crippen molar-refractivity contribution in [2.24, 2.45) is 5.92 Å². The zero-order valence-electron chi connectivity index (χ0n) is 17.9. The Morgan fingerprint density at radius 3 is 2.54 bits per heavy atom. The summed E-state index contributed by atoms with van der Waals surface area (Å²) in [7, 11) is 0. The highest BCUT2D eigenvalue weighted by Crippen LogP contribution is 2.21. The van der Waals surface area contributed by atoms with Gasteiger partial charge in [-0.3, -0.25) is 9.69 Å². The summed E-state index contributed by atoms with van der Waals surface area (Å²) in [5, 5.41) is 3.10. The molecule has 6 nitrogen and oxygen atoms in total. The third-order valence-corrected chi connectivity index (χ3v) is 4.78. The third kappa shape index (κ3) is 7.17. The largest absolute Gasteiger partial charge is 0.379 e.